The van der Waals surface area contributed by atoms with E-state index in [9.17, 15) is 0 Å². The molecule has 3 rings (SSSR count). The molecule has 1 fully saturated rings. The second-order valence-electron chi connectivity index (χ2n) is 5.27. The third-order valence-corrected chi connectivity index (χ3v) is 3.89. The summed E-state index contributed by atoms with van der Waals surface area (Å²) in [5.41, 5.74) is 2.38. The molecule has 0 aliphatic carbocycles. The summed E-state index contributed by atoms with van der Waals surface area (Å²) in [6.07, 6.45) is 5.17. The Hall–Kier alpha value is -1.68. The normalized spacial score (nSPS) is 16.7. The van der Waals surface area contributed by atoms with Crippen LogP contribution in [0.3, 0.4) is 0 Å². The highest BCUT2D eigenvalue weighted by molar-refractivity contribution is 5.39. The predicted octanol–water partition coefficient (Wildman–Crippen LogP) is 2.12. The average molecular weight is 256 g/mol. The molecule has 2 heterocycles. The van der Waals surface area contributed by atoms with Gasteiger partial charge in [-0.15, -0.1) is 0 Å². The molecule has 0 atom stereocenters. The number of para-hydroxylation sites is 1. The minimum Gasteiger partial charge on any atom is -0.317 e. The molecule has 100 valence electrons. The van der Waals surface area contributed by atoms with Crippen LogP contribution < -0.4 is 5.32 Å². The average Bonchev–Trinajstić information content (AvgIpc) is 2.88. The summed E-state index contributed by atoms with van der Waals surface area (Å²) >= 11 is 0. The van der Waals surface area contributed by atoms with Gasteiger partial charge >= 0.3 is 0 Å². The number of hydrogen-bond donors (Lipinski definition) is 1. The highest BCUT2D eigenvalue weighted by Crippen LogP contribution is 2.20. The fourth-order valence-electron chi connectivity index (χ4n) is 2.75. The maximum atomic E-state index is 4.46. The third kappa shape index (κ3) is 2.68. The number of benzene rings is 1. The summed E-state index contributed by atoms with van der Waals surface area (Å²) in [5.74, 6) is 1.81. The van der Waals surface area contributed by atoms with Crippen LogP contribution in [0.25, 0.3) is 5.69 Å². The lowest BCUT2D eigenvalue weighted by atomic mass is 9.94. The van der Waals surface area contributed by atoms with Crippen molar-refractivity contribution >= 4 is 0 Å². The number of piperidine rings is 1. The van der Waals surface area contributed by atoms with Gasteiger partial charge in [0.2, 0.25) is 0 Å². The molecular formula is C15H20N4. The van der Waals surface area contributed by atoms with Crippen molar-refractivity contribution < 1.29 is 0 Å². The van der Waals surface area contributed by atoms with Crippen LogP contribution in [0.2, 0.25) is 0 Å². The molecular weight excluding hydrogens is 236 g/mol. The van der Waals surface area contributed by atoms with Crippen LogP contribution >= 0.6 is 0 Å². The molecule has 4 heteroatoms. The van der Waals surface area contributed by atoms with Gasteiger partial charge in [-0.1, -0.05) is 18.2 Å². The van der Waals surface area contributed by atoms with Crippen LogP contribution in [0, 0.1) is 12.8 Å². The molecule has 0 bridgehead atoms. The van der Waals surface area contributed by atoms with E-state index in [4.69, 9.17) is 0 Å². The fraction of sp³-hybridized carbons (Fsp3) is 0.467. The lowest BCUT2D eigenvalue weighted by Gasteiger charge is -2.22. The van der Waals surface area contributed by atoms with Crippen molar-refractivity contribution in [1.82, 2.24) is 20.1 Å². The molecule has 1 aliphatic heterocycles. The number of nitrogens with one attached hydrogen (secondary N) is 1. The van der Waals surface area contributed by atoms with Crippen LogP contribution in [0.4, 0.5) is 0 Å². The topological polar surface area (TPSA) is 42.7 Å². The Morgan fingerprint density at radius 2 is 2.05 bits per heavy atom. The molecule has 1 aromatic heterocycles. The van der Waals surface area contributed by atoms with Gasteiger partial charge in [0.15, 0.2) is 0 Å². The molecule has 1 saturated heterocycles. The van der Waals surface area contributed by atoms with E-state index in [-0.39, 0.29) is 0 Å². The molecule has 4 nitrogen and oxygen atoms in total. The third-order valence-electron chi connectivity index (χ3n) is 3.89. The summed E-state index contributed by atoms with van der Waals surface area (Å²) in [6.45, 7) is 4.37. The molecule has 0 unspecified atom stereocenters. The van der Waals surface area contributed by atoms with E-state index >= 15 is 0 Å². The molecule has 2 aromatic rings. The highest BCUT2D eigenvalue weighted by atomic mass is 15.3. The lowest BCUT2D eigenvalue weighted by Crippen LogP contribution is -2.29. The van der Waals surface area contributed by atoms with E-state index in [0.717, 1.165) is 36.9 Å². The number of aromatic nitrogens is 3. The van der Waals surface area contributed by atoms with Crippen molar-refractivity contribution in [1.29, 1.82) is 0 Å². The number of nitrogens with zero attached hydrogens (tertiary/aromatic N) is 3. The monoisotopic (exact) mass is 256 g/mol. The largest absolute Gasteiger partial charge is 0.317 e. The Balaban J connectivity index is 1.84. The minimum atomic E-state index is 0.730. The summed E-state index contributed by atoms with van der Waals surface area (Å²) in [7, 11) is 0. The van der Waals surface area contributed by atoms with Gasteiger partial charge in [-0.05, 0) is 50.4 Å². The predicted molar refractivity (Wildman–Crippen MR) is 75.4 cm³/mol. The minimum absolute atomic E-state index is 0.730. The van der Waals surface area contributed by atoms with Crippen LogP contribution in [0.1, 0.15) is 24.2 Å². The first-order valence-corrected chi connectivity index (χ1v) is 7.00. The Labute approximate surface area is 113 Å². The number of aryl methyl sites for hydroxylation is 1. The highest BCUT2D eigenvalue weighted by Gasteiger charge is 2.17. The Morgan fingerprint density at radius 3 is 2.84 bits per heavy atom. The van der Waals surface area contributed by atoms with Gasteiger partial charge in [0.05, 0.1) is 5.69 Å². The summed E-state index contributed by atoms with van der Waals surface area (Å²) < 4.78 is 2.00. The zero-order chi connectivity index (χ0) is 13.1. The molecule has 0 amide bonds. The van der Waals surface area contributed by atoms with Gasteiger partial charge in [-0.25, -0.2) is 9.67 Å². The van der Waals surface area contributed by atoms with Crippen LogP contribution in [-0.4, -0.2) is 27.9 Å². The molecule has 0 spiro atoms. The smallest absolute Gasteiger partial charge is 0.138 e. The van der Waals surface area contributed by atoms with Crippen molar-refractivity contribution in [3.8, 4) is 5.69 Å². The maximum absolute atomic E-state index is 4.46. The van der Waals surface area contributed by atoms with E-state index in [1.54, 1.807) is 6.33 Å². The van der Waals surface area contributed by atoms with E-state index in [2.05, 4.69) is 46.6 Å². The molecule has 1 N–H and O–H groups in total. The van der Waals surface area contributed by atoms with E-state index in [0.29, 0.717) is 0 Å². The van der Waals surface area contributed by atoms with E-state index < -0.39 is 0 Å². The van der Waals surface area contributed by atoms with Gasteiger partial charge in [-0.2, -0.15) is 5.10 Å². The van der Waals surface area contributed by atoms with E-state index in [1.807, 2.05) is 4.68 Å². The zero-order valence-corrected chi connectivity index (χ0v) is 11.3. The van der Waals surface area contributed by atoms with Crippen molar-refractivity contribution in [2.45, 2.75) is 26.2 Å². The first kappa shape index (κ1) is 12.4. The second-order valence-corrected chi connectivity index (χ2v) is 5.27. The number of hydrogen-bond acceptors (Lipinski definition) is 3. The quantitative estimate of drug-likeness (QED) is 0.914. The summed E-state index contributed by atoms with van der Waals surface area (Å²) in [6, 6.07) is 8.34. The van der Waals surface area contributed by atoms with Crippen molar-refractivity contribution in [3.63, 3.8) is 0 Å². The van der Waals surface area contributed by atoms with Crippen molar-refractivity contribution in [2.75, 3.05) is 13.1 Å². The summed E-state index contributed by atoms with van der Waals surface area (Å²) in [4.78, 5) is 4.46. The Morgan fingerprint density at radius 1 is 1.26 bits per heavy atom. The Bertz CT molecular complexity index is 541. The standard InChI is InChI=1S/C15H20N4/c1-12-4-2-3-5-14(12)19-15(17-11-18-19)10-13-6-8-16-9-7-13/h2-5,11,13,16H,6-10H2,1H3. The molecule has 19 heavy (non-hydrogen) atoms. The molecule has 0 saturated carbocycles. The van der Waals surface area contributed by atoms with Gasteiger partial charge in [0.1, 0.15) is 12.2 Å². The lowest BCUT2D eigenvalue weighted by molar-refractivity contribution is 0.365. The SMILES string of the molecule is Cc1ccccc1-n1ncnc1CC1CCNCC1. The van der Waals surface area contributed by atoms with Gasteiger partial charge in [-0.3, -0.25) is 0 Å². The van der Waals surface area contributed by atoms with Gasteiger partial charge in [0, 0.05) is 6.42 Å². The Kier molecular flexibility index (Phi) is 3.60. The first-order chi connectivity index (χ1) is 9.34. The fourth-order valence-corrected chi connectivity index (χ4v) is 2.75. The van der Waals surface area contributed by atoms with Crippen LogP contribution in [0.15, 0.2) is 30.6 Å². The van der Waals surface area contributed by atoms with E-state index in [1.165, 1.54) is 18.4 Å². The van der Waals surface area contributed by atoms with Crippen molar-refractivity contribution in [3.05, 3.63) is 42.0 Å². The van der Waals surface area contributed by atoms with Gasteiger partial charge in [0.25, 0.3) is 0 Å². The molecule has 1 aromatic carbocycles. The van der Waals surface area contributed by atoms with Gasteiger partial charge < -0.3 is 5.32 Å². The molecule has 1 aliphatic rings. The van der Waals surface area contributed by atoms with Crippen molar-refractivity contribution in [2.24, 2.45) is 5.92 Å². The maximum Gasteiger partial charge on any atom is 0.138 e. The van der Waals surface area contributed by atoms with Crippen LogP contribution in [-0.2, 0) is 6.42 Å². The first-order valence-electron chi connectivity index (χ1n) is 7.00. The second kappa shape index (κ2) is 5.53. The summed E-state index contributed by atoms with van der Waals surface area (Å²) in [5, 5.41) is 7.81. The number of rotatable bonds is 3. The molecule has 0 radical (unpaired) electrons. The zero-order valence-electron chi connectivity index (χ0n) is 11.3. The van der Waals surface area contributed by atoms with Crippen LogP contribution in [0.5, 0.6) is 0 Å².